The Morgan fingerprint density at radius 3 is 2.86 bits per heavy atom. The van der Waals surface area contributed by atoms with Crippen LogP contribution in [-0.4, -0.2) is 15.3 Å². The van der Waals surface area contributed by atoms with Gasteiger partial charge in [-0.05, 0) is 38.1 Å². The number of nitrogens with zero attached hydrogens (tertiary/aromatic N) is 2. The van der Waals surface area contributed by atoms with Gasteiger partial charge in [-0.2, -0.15) is 0 Å². The normalized spacial score (nSPS) is 10.9. The maximum atomic E-state index is 13.7. The highest BCUT2D eigenvalue weighted by Gasteiger charge is 2.12. The highest BCUT2D eigenvalue weighted by Crippen LogP contribution is 2.11. The van der Waals surface area contributed by atoms with Crippen LogP contribution in [0.2, 0.25) is 0 Å². The molecule has 0 aliphatic carbocycles. The maximum absolute atomic E-state index is 13.7. The predicted octanol–water partition coefficient (Wildman–Crippen LogP) is 3.02. The second kappa shape index (κ2) is 5.60. The van der Waals surface area contributed by atoms with E-state index in [4.69, 9.17) is 0 Å². The van der Waals surface area contributed by atoms with Crippen LogP contribution in [0.1, 0.15) is 27.3 Å². The van der Waals surface area contributed by atoms with E-state index in [-0.39, 0.29) is 12.1 Å². The molecule has 0 aliphatic rings. The molecule has 0 spiro atoms. The van der Waals surface area contributed by atoms with Crippen molar-refractivity contribution in [1.29, 1.82) is 0 Å². The number of nitrogens with one attached hydrogen (secondary N) is 1. The molecule has 112 valence electrons. The summed E-state index contributed by atoms with van der Waals surface area (Å²) in [6, 6.07) is 10.3. The van der Waals surface area contributed by atoms with Crippen molar-refractivity contribution < 1.29 is 9.18 Å². The summed E-state index contributed by atoms with van der Waals surface area (Å²) >= 11 is 0. The number of benzene rings is 1. The summed E-state index contributed by atoms with van der Waals surface area (Å²) in [5.74, 6) is -0.955. The topological polar surface area (TPSA) is 46.4 Å². The molecular formula is C17H16FN3O. The van der Waals surface area contributed by atoms with Gasteiger partial charge in [0.1, 0.15) is 11.5 Å². The van der Waals surface area contributed by atoms with Gasteiger partial charge in [-0.25, -0.2) is 9.37 Å². The molecule has 2 heterocycles. The first-order chi connectivity index (χ1) is 10.5. The summed E-state index contributed by atoms with van der Waals surface area (Å²) in [4.78, 5) is 16.5. The molecule has 0 atom stereocenters. The van der Waals surface area contributed by atoms with Crippen molar-refractivity contribution >= 4 is 11.6 Å². The molecule has 0 aliphatic heterocycles. The van der Waals surface area contributed by atoms with Crippen LogP contribution in [0.4, 0.5) is 4.39 Å². The van der Waals surface area contributed by atoms with Gasteiger partial charge in [-0.1, -0.05) is 17.7 Å². The zero-order chi connectivity index (χ0) is 15.7. The molecule has 0 unspecified atom stereocenters. The van der Waals surface area contributed by atoms with E-state index in [0.29, 0.717) is 0 Å². The van der Waals surface area contributed by atoms with Crippen LogP contribution >= 0.6 is 0 Å². The lowest BCUT2D eigenvalue weighted by Gasteiger charge is -2.05. The quantitative estimate of drug-likeness (QED) is 0.807. The second-order valence-corrected chi connectivity index (χ2v) is 5.29. The van der Waals surface area contributed by atoms with Gasteiger partial charge in [0.15, 0.2) is 0 Å². The third-order valence-corrected chi connectivity index (χ3v) is 3.54. The van der Waals surface area contributed by atoms with Crippen molar-refractivity contribution in [2.45, 2.75) is 20.4 Å². The van der Waals surface area contributed by atoms with Gasteiger partial charge in [0.25, 0.3) is 5.91 Å². The molecule has 4 nitrogen and oxygen atoms in total. The number of imidazole rings is 1. The lowest BCUT2D eigenvalue weighted by molar-refractivity contribution is 0.0946. The summed E-state index contributed by atoms with van der Waals surface area (Å²) in [7, 11) is 0. The van der Waals surface area contributed by atoms with Crippen molar-refractivity contribution in [1.82, 2.24) is 14.7 Å². The Kier molecular flexibility index (Phi) is 3.63. The second-order valence-electron chi connectivity index (χ2n) is 5.29. The van der Waals surface area contributed by atoms with E-state index in [9.17, 15) is 9.18 Å². The van der Waals surface area contributed by atoms with Gasteiger partial charge >= 0.3 is 0 Å². The number of aromatic nitrogens is 2. The number of hydrogen-bond donors (Lipinski definition) is 1. The zero-order valence-corrected chi connectivity index (χ0v) is 12.4. The van der Waals surface area contributed by atoms with E-state index in [1.54, 1.807) is 12.1 Å². The summed E-state index contributed by atoms with van der Waals surface area (Å²) in [5.41, 5.74) is 3.52. The van der Waals surface area contributed by atoms with Crippen molar-refractivity contribution in [3.8, 4) is 0 Å². The standard InChI is InChI=1S/C17H16FN3O/c1-11-6-7-15(18)14(8-11)17(22)19-9-13-10-21-12(2)4-3-5-16(21)20-13/h3-8,10H,9H2,1-2H3,(H,19,22). The van der Waals surface area contributed by atoms with E-state index in [0.717, 1.165) is 22.6 Å². The number of pyridine rings is 1. The Morgan fingerprint density at radius 1 is 1.27 bits per heavy atom. The van der Waals surface area contributed by atoms with E-state index in [1.165, 1.54) is 6.07 Å². The molecule has 1 N–H and O–H groups in total. The van der Waals surface area contributed by atoms with Crippen LogP contribution in [0.5, 0.6) is 0 Å². The largest absolute Gasteiger partial charge is 0.346 e. The van der Waals surface area contributed by atoms with E-state index >= 15 is 0 Å². The number of carbonyl (C=O) groups is 1. The molecule has 5 heteroatoms. The molecular weight excluding hydrogens is 281 g/mol. The fourth-order valence-electron chi connectivity index (χ4n) is 2.36. The first kappa shape index (κ1) is 14.3. The van der Waals surface area contributed by atoms with Gasteiger partial charge in [-0.3, -0.25) is 4.79 Å². The maximum Gasteiger partial charge on any atom is 0.254 e. The van der Waals surface area contributed by atoms with Crippen LogP contribution in [0, 0.1) is 19.7 Å². The number of carbonyl (C=O) groups excluding carboxylic acids is 1. The lowest BCUT2D eigenvalue weighted by atomic mass is 10.1. The first-order valence-electron chi connectivity index (χ1n) is 7.02. The molecule has 0 saturated carbocycles. The van der Waals surface area contributed by atoms with Crippen molar-refractivity contribution in [2.24, 2.45) is 0 Å². The third kappa shape index (κ3) is 2.70. The summed E-state index contributed by atoms with van der Waals surface area (Å²) in [5, 5.41) is 2.71. The number of halogens is 1. The molecule has 3 rings (SSSR count). The molecule has 1 aromatic carbocycles. The number of aryl methyl sites for hydroxylation is 2. The van der Waals surface area contributed by atoms with E-state index in [2.05, 4.69) is 10.3 Å². The fourth-order valence-corrected chi connectivity index (χ4v) is 2.36. The SMILES string of the molecule is Cc1ccc(F)c(C(=O)NCc2cn3c(C)cccc3n2)c1. The number of hydrogen-bond acceptors (Lipinski definition) is 2. The van der Waals surface area contributed by atoms with Crippen molar-refractivity contribution in [3.63, 3.8) is 0 Å². The van der Waals surface area contributed by atoms with E-state index in [1.807, 2.05) is 42.6 Å². The minimum Gasteiger partial charge on any atom is -0.346 e. The molecule has 3 aromatic rings. The minimum absolute atomic E-state index is 0.0555. The monoisotopic (exact) mass is 297 g/mol. The first-order valence-corrected chi connectivity index (χ1v) is 7.02. The minimum atomic E-state index is -0.519. The van der Waals surface area contributed by atoms with Crippen molar-refractivity contribution in [2.75, 3.05) is 0 Å². The van der Waals surface area contributed by atoms with Gasteiger partial charge in [0.05, 0.1) is 17.8 Å². The third-order valence-electron chi connectivity index (χ3n) is 3.54. The molecule has 1 amide bonds. The summed E-state index contributed by atoms with van der Waals surface area (Å²) < 4.78 is 15.6. The van der Waals surface area contributed by atoms with Crippen molar-refractivity contribution in [3.05, 3.63) is 70.9 Å². The van der Waals surface area contributed by atoms with Crippen LogP contribution in [0.15, 0.2) is 42.6 Å². The molecule has 22 heavy (non-hydrogen) atoms. The van der Waals surface area contributed by atoms with Crippen LogP contribution in [-0.2, 0) is 6.54 Å². The van der Waals surface area contributed by atoms with Gasteiger partial charge < -0.3 is 9.72 Å². The molecule has 0 bridgehead atoms. The van der Waals surface area contributed by atoms with Gasteiger partial charge in [0.2, 0.25) is 0 Å². The number of fused-ring (bicyclic) bond motifs is 1. The van der Waals surface area contributed by atoms with Crippen LogP contribution in [0.3, 0.4) is 0 Å². The lowest BCUT2D eigenvalue weighted by Crippen LogP contribution is -2.24. The zero-order valence-electron chi connectivity index (χ0n) is 12.4. The number of rotatable bonds is 3. The smallest absolute Gasteiger partial charge is 0.254 e. The summed E-state index contributed by atoms with van der Waals surface area (Å²) in [6.07, 6.45) is 1.87. The predicted molar refractivity (Wildman–Crippen MR) is 82.2 cm³/mol. The number of amides is 1. The highest BCUT2D eigenvalue weighted by molar-refractivity contribution is 5.94. The average Bonchev–Trinajstić information content (AvgIpc) is 2.92. The Morgan fingerprint density at radius 2 is 2.09 bits per heavy atom. The van der Waals surface area contributed by atoms with Crippen LogP contribution in [0.25, 0.3) is 5.65 Å². The molecule has 0 radical (unpaired) electrons. The molecule has 0 fully saturated rings. The van der Waals surface area contributed by atoms with Gasteiger partial charge in [0, 0.05) is 11.9 Å². The van der Waals surface area contributed by atoms with E-state index < -0.39 is 11.7 Å². The molecule has 2 aromatic heterocycles. The van der Waals surface area contributed by atoms with Gasteiger partial charge in [-0.15, -0.1) is 0 Å². The highest BCUT2D eigenvalue weighted by atomic mass is 19.1. The Balaban J connectivity index is 1.77. The summed E-state index contributed by atoms with van der Waals surface area (Å²) in [6.45, 7) is 4.06. The fraction of sp³-hybridized carbons (Fsp3) is 0.176. The average molecular weight is 297 g/mol. The molecule has 0 saturated heterocycles. The van der Waals surface area contributed by atoms with Crippen LogP contribution < -0.4 is 5.32 Å². The Hall–Kier alpha value is -2.69. The Labute approximate surface area is 127 Å². The Bertz CT molecular complexity index is 854.